The van der Waals surface area contributed by atoms with Crippen molar-refractivity contribution in [3.05, 3.63) is 15.9 Å². The van der Waals surface area contributed by atoms with E-state index in [4.69, 9.17) is 5.11 Å². The molecule has 1 amide bonds. The average Bonchev–Trinajstić information content (AvgIpc) is 2.86. The summed E-state index contributed by atoms with van der Waals surface area (Å²) in [5, 5.41) is 14.0. The Labute approximate surface area is 98.4 Å². The van der Waals surface area contributed by atoms with Gasteiger partial charge in [-0.1, -0.05) is 0 Å². The van der Waals surface area contributed by atoms with Crippen molar-refractivity contribution in [2.75, 3.05) is 5.32 Å². The Morgan fingerprint density at radius 3 is 2.73 bits per heavy atom. The third-order valence-electron chi connectivity index (χ3n) is 2.26. The van der Waals surface area contributed by atoms with Gasteiger partial charge >= 0.3 is 5.97 Å². The van der Waals surface area contributed by atoms with E-state index in [1.54, 1.807) is 6.07 Å². The van der Waals surface area contributed by atoms with Crippen LogP contribution in [0.5, 0.6) is 0 Å². The lowest BCUT2D eigenvalue weighted by Crippen LogP contribution is -2.15. The number of carbonyl (C=O) groups excluding carboxylic acids is 1. The van der Waals surface area contributed by atoms with Gasteiger partial charge in [0.15, 0.2) is 0 Å². The molecule has 2 rings (SSSR count). The molecule has 4 nitrogen and oxygen atoms in total. The molecule has 0 aromatic carbocycles. The summed E-state index contributed by atoms with van der Waals surface area (Å²) < 4.78 is 0.911. The standard InChI is InChI=1S/C9H8BrNO3S/c10-4-1-7(15-3-4)11-8(12)5-2-6(5)9(13)14/h1,3,5-6H,2H2,(H,11,12)(H,13,14). The lowest BCUT2D eigenvalue weighted by atomic mass is 10.3. The first-order valence-electron chi connectivity index (χ1n) is 4.35. The molecule has 1 aromatic heterocycles. The van der Waals surface area contributed by atoms with Crippen molar-refractivity contribution in [1.82, 2.24) is 0 Å². The van der Waals surface area contributed by atoms with E-state index in [9.17, 15) is 9.59 Å². The number of carbonyl (C=O) groups is 2. The molecule has 6 heteroatoms. The largest absolute Gasteiger partial charge is 0.481 e. The van der Waals surface area contributed by atoms with E-state index in [0.29, 0.717) is 6.42 Å². The Kier molecular flexibility index (Phi) is 2.79. The first kappa shape index (κ1) is 10.6. The van der Waals surface area contributed by atoms with Crippen LogP contribution in [-0.2, 0) is 9.59 Å². The zero-order valence-corrected chi connectivity index (χ0v) is 9.97. The molecule has 1 aromatic rings. The number of hydrogen-bond donors (Lipinski definition) is 2. The number of anilines is 1. The second kappa shape index (κ2) is 3.94. The van der Waals surface area contributed by atoms with Gasteiger partial charge < -0.3 is 10.4 Å². The number of nitrogens with one attached hydrogen (secondary N) is 1. The molecule has 0 saturated heterocycles. The smallest absolute Gasteiger partial charge is 0.307 e. The fourth-order valence-electron chi connectivity index (χ4n) is 1.35. The molecule has 1 aliphatic carbocycles. The van der Waals surface area contributed by atoms with Crippen molar-refractivity contribution >= 4 is 44.1 Å². The summed E-state index contributed by atoms with van der Waals surface area (Å²) in [6.45, 7) is 0. The van der Waals surface area contributed by atoms with Crippen LogP contribution in [0.4, 0.5) is 5.00 Å². The van der Waals surface area contributed by atoms with Gasteiger partial charge in [-0.05, 0) is 28.4 Å². The highest BCUT2D eigenvalue weighted by Gasteiger charge is 2.48. The molecule has 2 unspecified atom stereocenters. The summed E-state index contributed by atoms with van der Waals surface area (Å²) in [6.07, 6.45) is 0.452. The molecule has 15 heavy (non-hydrogen) atoms. The van der Waals surface area contributed by atoms with Crippen LogP contribution in [0.3, 0.4) is 0 Å². The lowest BCUT2D eigenvalue weighted by molar-refractivity contribution is -0.139. The van der Waals surface area contributed by atoms with Gasteiger partial charge in [-0.2, -0.15) is 0 Å². The minimum absolute atomic E-state index is 0.197. The fourth-order valence-corrected chi connectivity index (χ4v) is 2.67. The third-order valence-corrected chi connectivity index (χ3v) is 3.86. The minimum Gasteiger partial charge on any atom is -0.481 e. The maximum Gasteiger partial charge on any atom is 0.307 e. The number of aliphatic carboxylic acids is 1. The molecule has 2 atom stereocenters. The van der Waals surface area contributed by atoms with E-state index >= 15 is 0 Å². The highest BCUT2D eigenvalue weighted by Crippen LogP contribution is 2.39. The number of hydrogen-bond acceptors (Lipinski definition) is 3. The van der Waals surface area contributed by atoms with Crippen molar-refractivity contribution in [3.8, 4) is 0 Å². The van der Waals surface area contributed by atoms with Gasteiger partial charge in [0.25, 0.3) is 0 Å². The van der Waals surface area contributed by atoms with E-state index in [2.05, 4.69) is 21.2 Å². The molecule has 80 valence electrons. The number of carboxylic acid groups (broad SMARTS) is 1. The van der Waals surface area contributed by atoms with Gasteiger partial charge in [-0.15, -0.1) is 11.3 Å². The molecular formula is C9H8BrNO3S. The molecule has 0 spiro atoms. The first-order chi connectivity index (χ1) is 7.08. The van der Waals surface area contributed by atoms with Crippen molar-refractivity contribution < 1.29 is 14.7 Å². The second-order valence-electron chi connectivity index (χ2n) is 3.41. The Hall–Kier alpha value is -0.880. The number of halogens is 1. The minimum atomic E-state index is -0.887. The van der Waals surface area contributed by atoms with Gasteiger partial charge in [0.1, 0.15) is 0 Å². The summed E-state index contributed by atoms with van der Waals surface area (Å²) in [5.41, 5.74) is 0. The maximum absolute atomic E-state index is 11.5. The van der Waals surface area contributed by atoms with Crippen molar-refractivity contribution in [3.63, 3.8) is 0 Å². The number of carboxylic acids is 1. The highest BCUT2D eigenvalue weighted by atomic mass is 79.9. The SMILES string of the molecule is O=C(O)C1CC1C(=O)Nc1cc(Br)cs1. The van der Waals surface area contributed by atoms with Gasteiger partial charge in [0.2, 0.25) is 5.91 Å². The van der Waals surface area contributed by atoms with Crippen LogP contribution in [-0.4, -0.2) is 17.0 Å². The summed E-state index contributed by atoms with van der Waals surface area (Å²) >= 11 is 4.68. The van der Waals surface area contributed by atoms with Crippen LogP contribution in [0, 0.1) is 11.8 Å². The van der Waals surface area contributed by atoms with E-state index < -0.39 is 11.9 Å². The third kappa shape index (κ3) is 2.38. The van der Waals surface area contributed by atoms with Crippen molar-refractivity contribution in [1.29, 1.82) is 0 Å². The first-order valence-corrected chi connectivity index (χ1v) is 6.03. The number of rotatable bonds is 3. The highest BCUT2D eigenvalue weighted by molar-refractivity contribution is 9.10. The number of thiophene rings is 1. The number of amides is 1. The molecule has 2 N–H and O–H groups in total. The summed E-state index contributed by atoms with van der Waals surface area (Å²) in [5.74, 6) is -1.93. The van der Waals surface area contributed by atoms with Gasteiger partial charge in [0, 0.05) is 9.85 Å². The van der Waals surface area contributed by atoms with E-state index in [1.807, 2.05) is 5.38 Å². The maximum atomic E-state index is 11.5. The Balaban J connectivity index is 1.92. The topological polar surface area (TPSA) is 66.4 Å². The molecule has 0 aliphatic heterocycles. The normalized spacial score (nSPS) is 23.5. The van der Waals surface area contributed by atoms with Crippen molar-refractivity contribution in [2.45, 2.75) is 6.42 Å². The molecular weight excluding hydrogens is 282 g/mol. The molecule has 1 heterocycles. The quantitative estimate of drug-likeness (QED) is 0.896. The summed E-state index contributed by atoms with van der Waals surface area (Å²) in [6, 6.07) is 1.79. The molecule has 1 fully saturated rings. The zero-order chi connectivity index (χ0) is 11.0. The van der Waals surface area contributed by atoms with Crippen LogP contribution in [0.15, 0.2) is 15.9 Å². The average molecular weight is 290 g/mol. The van der Waals surface area contributed by atoms with Crippen molar-refractivity contribution in [2.24, 2.45) is 11.8 Å². The van der Waals surface area contributed by atoms with Crippen LogP contribution in [0.25, 0.3) is 0 Å². The lowest BCUT2D eigenvalue weighted by Gasteiger charge is -1.99. The van der Waals surface area contributed by atoms with Crippen LogP contribution >= 0.6 is 27.3 Å². The Bertz CT molecular complexity index is 417. The predicted molar refractivity (Wildman–Crippen MR) is 59.9 cm³/mol. The Morgan fingerprint density at radius 2 is 2.27 bits per heavy atom. The molecule has 0 radical (unpaired) electrons. The van der Waals surface area contributed by atoms with Gasteiger partial charge in [0.05, 0.1) is 16.8 Å². The van der Waals surface area contributed by atoms with E-state index in [-0.39, 0.29) is 11.8 Å². The summed E-state index contributed by atoms with van der Waals surface area (Å²) in [7, 11) is 0. The zero-order valence-electron chi connectivity index (χ0n) is 7.57. The van der Waals surface area contributed by atoms with Crippen LogP contribution < -0.4 is 5.32 Å². The Morgan fingerprint density at radius 1 is 1.53 bits per heavy atom. The second-order valence-corrected chi connectivity index (χ2v) is 5.23. The van der Waals surface area contributed by atoms with Gasteiger partial charge in [-0.3, -0.25) is 9.59 Å². The summed E-state index contributed by atoms with van der Waals surface area (Å²) in [4.78, 5) is 22.1. The predicted octanol–water partition coefficient (Wildman–Crippen LogP) is 2.17. The van der Waals surface area contributed by atoms with Crippen LogP contribution in [0.2, 0.25) is 0 Å². The van der Waals surface area contributed by atoms with E-state index in [0.717, 1.165) is 9.47 Å². The molecule has 0 bridgehead atoms. The monoisotopic (exact) mass is 289 g/mol. The molecule has 1 aliphatic rings. The van der Waals surface area contributed by atoms with Crippen LogP contribution in [0.1, 0.15) is 6.42 Å². The van der Waals surface area contributed by atoms with E-state index in [1.165, 1.54) is 11.3 Å². The molecule has 1 saturated carbocycles. The fraction of sp³-hybridized carbons (Fsp3) is 0.333. The van der Waals surface area contributed by atoms with Gasteiger partial charge in [-0.25, -0.2) is 0 Å².